The third-order valence-corrected chi connectivity index (χ3v) is 7.89. The average Bonchev–Trinajstić information content (AvgIpc) is 3.46. The van der Waals surface area contributed by atoms with Gasteiger partial charge in [0.15, 0.2) is 0 Å². The highest BCUT2D eigenvalue weighted by molar-refractivity contribution is 7.89. The Kier molecular flexibility index (Phi) is 5.34. The number of carbonyl (C=O) groups is 1. The van der Waals surface area contributed by atoms with Crippen LogP contribution in [-0.2, 0) is 10.0 Å². The van der Waals surface area contributed by atoms with Gasteiger partial charge in [-0.3, -0.25) is 4.79 Å². The number of para-hydroxylation sites is 1. The van der Waals surface area contributed by atoms with Crippen LogP contribution in [0.4, 0.5) is 11.4 Å². The van der Waals surface area contributed by atoms with Crippen LogP contribution in [0.1, 0.15) is 23.2 Å². The topological polar surface area (TPSA) is 82.9 Å². The highest BCUT2D eigenvalue weighted by atomic mass is 32.2. The monoisotopic (exact) mass is 463 g/mol. The third-order valence-electron chi connectivity index (χ3n) is 6.07. The zero-order chi connectivity index (χ0) is 23.2. The second-order valence-electron chi connectivity index (χ2n) is 8.42. The van der Waals surface area contributed by atoms with Crippen molar-refractivity contribution < 1.29 is 17.6 Å². The number of sulfonamides is 1. The van der Waals surface area contributed by atoms with Crippen LogP contribution in [0.15, 0.2) is 70.0 Å². The van der Waals surface area contributed by atoms with Crippen LogP contribution in [0.25, 0.3) is 21.9 Å². The summed E-state index contributed by atoms with van der Waals surface area (Å²) >= 11 is 0. The molecular formula is C25H25N3O4S. The van der Waals surface area contributed by atoms with E-state index in [1.54, 1.807) is 18.2 Å². The van der Waals surface area contributed by atoms with E-state index in [2.05, 4.69) is 10.2 Å². The molecule has 0 bridgehead atoms. The molecule has 8 heteroatoms. The van der Waals surface area contributed by atoms with Gasteiger partial charge in [-0.15, -0.1) is 0 Å². The average molecular weight is 464 g/mol. The highest BCUT2D eigenvalue weighted by Crippen LogP contribution is 2.32. The fourth-order valence-corrected chi connectivity index (χ4v) is 5.23. The van der Waals surface area contributed by atoms with Gasteiger partial charge in [0.1, 0.15) is 11.2 Å². The van der Waals surface area contributed by atoms with Crippen molar-refractivity contribution in [2.24, 2.45) is 0 Å². The van der Waals surface area contributed by atoms with Crippen LogP contribution in [0, 0.1) is 0 Å². The Balaban J connectivity index is 1.53. The molecule has 0 spiro atoms. The van der Waals surface area contributed by atoms with Crippen molar-refractivity contribution in [2.45, 2.75) is 17.7 Å². The first kappa shape index (κ1) is 21.5. The first-order chi connectivity index (χ1) is 15.8. The fraction of sp³-hybridized carbons (Fsp3) is 0.240. The predicted molar refractivity (Wildman–Crippen MR) is 130 cm³/mol. The maximum atomic E-state index is 13.4. The number of hydrogen-bond acceptors (Lipinski definition) is 5. The van der Waals surface area contributed by atoms with Crippen LogP contribution in [0.5, 0.6) is 0 Å². The van der Waals surface area contributed by atoms with E-state index in [1.807, 2.05) is 36.4 Å². The van der Waals surface area contributed by atoms with Gasteiger partial charge in [0.25, 0.3) is 5.91 Å². The minimum atomic E-state index is -3.67. The Morgan fingerprint density at radius 2 is 1.67 bits per heavy atom. The minimum Gasteiger partial charge on any atom is -0.456 e. The van der Waals surface area contributed by atoms with Gasteiger partial charge in [0.05, 0.1) is 10.5 Å². The molecule has 7 nitrogen and oxygen atoms in total. The van der Waals surface area contributed by atoms with Crippen LogP contribution in [0.3, 0.4) is 0 Å². The molecule has 170 valence electrons. The number of furan rings is 1. The summed E-state index contributed by atoms with van der Waals surface area (Å²) in [6.07, 6.45) is 2.09. The third kappa shape index (κ3) is 3.85. The van der Waals surface area contributed by atoms with Crippen LogP contribution in [-0.4, -0.2) is 45.8 Å². The van der Waals surface area contributed by atoms with Crippen molar-refractivity contribution in [1.29, 1.82) is 0 Å². The van der Waals surface area contributed by atoms with Crippen molar-refractivity contribution in [1.82, 2.24) is 4.31 Å². The van der Waals surface area contributed by atoms with Gasteiger partial charge < -0.3 is 14.6 Å². The zero-order valence-electron chi connectivity index (χ0n) is 18.5. The molecule has 1 aliphatic heterocycles. The van der Waals surface area contributed by atoms with E-state index in [0.29, 0.717) is 16.8 Å². The SMILES string of the molecule is CN(C)S(=O)(=O)c1ccc(N2CCCC2)c(C(=O)Nc2ccc3c(c2)oc2ccccc23)c1. The number of amides is 1. The lowest BCUT2D eigenvalue weighted by Crippen LogP contribution is -2.25. The Hall–Kier alpha value is -3.36. The smallest absolute Gasteiger partial charge is 0.257 e. The molecule has 5 rings (SSSR count). The summed E-state index contributed by atoms with van der Waals surface area (Å²) < 4.78 is 32.5. The van der Waals surface area contributed by atoms with Gasteiger partial charge in [0, 0.05) is 55.4 Å². The minimum absolute atomic E-state index is 0.0910. The van der Waals surface area contributed by atoms with Crippen molar-refractivity contribution in [3.8, 4) is 0 Å². The maximum Gasteiger partial charge on any atom is 0.257 e. The van der Waals surface area contributed by atoms with E-state index >= 15 is 0 Å². The molecule has 1 fully saturated rings. The first-order valence-corrected chi connectivity index (χ1v) is 12.3. The lowest BCUT2D eigenvalue weighted by molar-refractivity contribution is 0.102. The van der Waals surface area contributed by atoms with Gasteiger partial charge in [0.2, 0.25) is 10.0 Å². The normalized spacial score (nSPS) is 14.5. The predicted octanol–water partition coefficient (Wildman–Crippen LogP) is 4.69. The molecule has 0 unspecified atom stereocenters. The summed E-state index contributed by atoms with van der Waals surface area (Å²) in [5, 5.41) is 4.92. The molecule has 0 radical (unpaired) electrons. The Bertz CT molecular complexity index is 1470. The van der Waals surface area contributed by atoms with Gasteiger partial charge in [-0.2, -0.15) is 0 Å². The van der Waals surface area contributed by atoms with E-state index in [0.717, 1.165) is 52.3 Å². The van der Waals surface area contributed by atoms with Crippen LogP contribution < -0.4 is 10.2 Å². The summed E-state index contributed by atoms with van der Waals surface area (Å²) in [6, 6.07) is 18.1. The lowest BCUT2D eigenvalue weighted by Gasteiger charge is -2.22. The number of nitrogens with one attached hydrogen (secondary N) is 1. The zero-order valence-corrected chi connectivity index (χ0v) is 19.4. The molecule has 1 aliphatic rings. The summed E-state index contributed by atoms with van der Waals surface area (Å²) in [5.41, 5.74) is 3.13. The van der Waals surface area contributed by atoms with Gasteiger partial charge in [-0.1, -0.05) is 18.2 Å². The van der Waals surface area contributed by atoms with Crippen molar-refractivity contribution in [3.63, 3.8) is 0 Å². The standard InChI is InChI=1S/C25H25N3O4S/c1-27(2)33(30,31)18-10-12-22(28-13-5-6-14-28)21(16-18)25(29)26-17-9-11-20-19-7-3-4-8-23(19)32-24(20)15-17/h3-4,7-12,15-16H,5-6,13-14H2,1-2H3,(H,26,29). The summed E-state index contributed by atoms with van der Waals surface area (Å²) in [5.74, 6) is -0.358. The molecule has 0 saturated carbocycles. The molecule has 1 N–H and O–H groups in total. The number of carbonyl (C=O) groups excluding carboxylic acids is 1. The number of nitrogens with zero attached hydrogens (tertiary/aromatic N) is 2. The largest absolute Gasteiger partial charge is 0.456 e. The number of anilines is 2. The van der Waals surface area contributed by atoms with E-state index < -0.39 is 10.0 Å². The Morgan fingerprint density at radius 3 is 2.42 bits per heavy atom. The van der Waals surface area contributed by atoms with E-state index in [9.17, 15) is 13.2 Å². The van der Waals surface area contributed by atoms with Gasteiger partial charge in [-0.05, 0) is 49.2 Å². The van der Waals surface area contributed by atoms with E-state index in [4.69, 9.17) is 4.42 Å². The molecule has 33 heavy (non-hydrogen) atoms. The number of rotatable bonds is 5. The molecule has 0 atom stereocenters. The summed E-state index contributed by atoms with van der Waals surface area (Å²) in [4.78, 5) is 15.6. The Labute approximate surface area is 192 Å². The van der Waals surface area contributed by atoms with E-state index in [1.165, 1.54) is 20.2 Å². The number of benzene rings is 3. The molecule has 1 amide bonds. The summed E-state index contributed by atoms with van der Waals surface area (Å²) in [6.45, 7) is 1.68. The van der Waals surface area contributed by atoms with E-state index in [-0.39, 0.29) is 10.8 Å². The molecule has 2 heterocycles. The highest BCUT2D eigenvalue weighted by Gasteiger charge is 2.25. The van der Waals surface area contributed by atoms with Crippen molar-refractivity contribution in [2.75, 3.05) is 37.4 Å². The van der Waals surface area contributed by atoms with Gasteiger partial charge >= 0.3 is 0 Å². The molecule has 0 aliphatic carbocycles. The van der Waals surface area contributed by atoms with Crippen molar-refractivity contribution in [3.05, 3.63) is 66.2 Å². The Morgan fingerprint density at radius 1 is 0.939 bits per heavy atom. The van der Waals surface area contributed by atoms with Crippen LogP contribution in [0.2, 0.25) is 0 Å². The second-order valence-corrected chi connectivity index (χ2v) is 10.6. The molecule has 1 aromatic heterocycles. The van der Waals surface area contributed by atoms with Gasteiger partial charge in [-0.25, -0.2) is 12.7 Å². The quantitative estimate of drug-likeness (QED) is 0.464. The number of fused-ring (bicyclic) bond motifs is 3. The lowest BCUT2D eigenvalue weighted by atomic mass is 10.1. The molecule has 1 saturated heterocycles. The second kappa shape index (κ2) is 8.20. The number of hydrogen-bond donors (Lipinski definition) is 1. The van der Waals surface area contributed by atoms with Crippen LogP contribution >= 0.6 is 0 Å². The maximum absolute atomic E-state index is 13.4. The molecular weight excluding hydrogens is 438 g/mol. The molecule has 3 aromatic carbocycles. The van der Waals surface area contributed by atoms with Crippen molar-refractivity contribution >= 4 is 49.2 Å². The summed E-state index contributed by atoms with van der Waals surface area (Å²) in [7, 11) is -0.714. The fourth-order valence-electron chi connectivity index (χ4n) is 4.30. The first-order valence-electron chi connectivity index (χ1n) is 10.9. The molecule has 4 aromatic rings.